The van der Waals surface area contributed by atoms with Crippen LogP contribution in [-0.2, 0) is 11.3 Å². The normalized spacial score (nSPS) is 22.9. The molecule has 1 aromatic heterocycles. The van der Waals surface area contributed by atoms with Crippen molar-refractivity contribution in [2.24, 2.45) is 0 Å². The average molecular weight is 248 g/mol. The summed E-state index contributed by atoms with van der Waals surface area (Å²) in [4.78, 5) is 4.02. The summed E-state index contributed by atoms with van der Waals surface area (Å²) >= 11 is 0. The van der Waals surface area contributed by atoms with Crippen molar-refractivity contribution >= 4 is 0 Å². The summed E-state index contributed by atoms with van der Waals surface area (Å²) in [6.07, 6.45) is 6.07. The minimum Gasteiger partial charge on any atom is -0.373 e. The lowest BCUT2D eigenvalue weighted by Crippen LogP contribution is -2.59. The van der Waals surface area contributed by atoms with Crippen molar-refractivity contribution in [2.45, 2.75) is 64.3 Å². The van der Waals surface area contributed by atoms with Gasteiger partial charge in [0.1, 0.15) is 0 Å². The lowest BCUT2D eigenvalue weighted by atomic mass is 9.81. The van der Waals surface area contributed by atoms with Crippen LogP contribution in [-0.4, -0.2) is 22.2 Å². The van der Waals surface area contributed by atoms with E-state index in [0.717, 1.165) is 12.8 Å². The van der Waals surface area contributed by atoms with Crippen LogP contribution in [0.3, 0.4) is 0 Å². The van der Waals surface area contributed by atoms with E-state index in [4.69, 9.17) is 4.74 Å². The maximum Gasteiger partial charge on any atom is 0.0721 e. The standard InChI is InChI=1S/C15H24N2O/c1-14(2)9-13(10-15(3,4)17-14)18-11-12-5-7-16-8-6-12/h5-8,13,17H,9-11H2,1-4H3. The van der Waals surface area contributed by atoms with Crippen LogP contribution in [0.4, 0.5) is 0 Å². The first-order valence-corrected chi connectivity index (χ1v) is 6.66. The lowest BCUT2D eigenvalue weighted by molar-refractivity contribution is -0.0304. The van der Waals surface area contributed by atoms with Crippen molar-refractivity contribution in [1.29, 1.82) is 0 Å². The van der Waals surface area contributed by atoms with Gasteiger partial charge < -0.3 is 10.1 Å². The maximum atomic E-state index is 6.07. The molecule has 0 spiro atoms. The topological polar surface area (TPSA) is 34.1 Å². The molecular weight excluding hydrogens is 224 g/mol. The first-order valence-electron chi connectivity index (χ1n) is 6.66. The fourth-order valence-electron chi connectivity index (χ4n) is 3.04. The van der Waals surface area contributed by atoms with Crippen molar-refractivity contribution in [3.05, 3.63) is 30.1 Å². The Morgan fingerprint density at radius 1 is 1.17 bits per heavy atom. The predicted molar refractivity (Wildman–Crippen MR) is 73.3 cm³/mol. The smallest absolute Gasteiger partial charge is 0.0721 e. The van der Waals surface area contributed by atoms with Gasteiger partial charge in [-0.1, -0.05) is 0 Å². The molecule has 0 aromatic carbocycles. The molecule has 0 aliphatic carbocycles. The van der Waals surface area contributed by atoms with Gasteiger partial charge in [0.25, 0.3) is 0 Å². The molecule has 1 fully saturated rings. The monoisotopic (exact) mass is 248 g/mol. The van der Waals surface area contributed by atoms with Crippen LogP contribution in [0.15, 0.2) is 24.5 Å². The lowest BCUT2D eigenvalue weighted by Gasteiger charge is -2.46. The predicted octanol–water partition coefficient (Wildman–Crippen LogP) is 2.91. The largest absolute Gasteiger partial charge is 0.373 e. The first-order chi connectivity index (χ1) is 8.36. The highest BCUT2D eigenvalue weighted by Crippen LogP contribution is 2.30. The zero-order chi connectivity index (χ0) is 13.2. The van der Waals surface area contributed by atoms with Gasteiger partial charge in [-0.2, -0.15) is 0 Å². The molecule has 0 saturated carbocycles. The number of piperidine rings is 1. The van der Waals surface area contributed by atoms with Crippen LogP contribution in [0.25, 0.3) is 0 Å². The molecule has 0 unspecified atom stereocenters. The number of aromatic nitrogens is 1. The quantitative estimate of drug-likeness (QED) is 0.893. The summed E-state index contributed by atoms with van der Waals surface area (Å²) in [7, 11) is 0. The minimum atomic E-state index is 0.144. The van der Waals surface area contributed by atoms with Crippen molar-refractivity contribution in [1.82, 2.24) is 10.3 Å². The third kappa shape index (κ3) is 3.79. The fraction of sp³-hybridized carbons (Fsp3) is 0.667. The Hall–Kier alpha value is -0.930. The van der Waals surface area contributed by atoms with E-state index in [-0.39, 0.29) is 11.1 Å². The van der Waals surface area contributed by atoms with Crippen LogP contribution >= 0.6 is 0 Å². The van der Waals surface area contributed by atoms with E-state index in [2.05, 4.69) is 38.0 Å². The Balaban J connectivity index is 1.93. The van der Waals surface area contributed by atoms with Crippen LogP contribution in [0, 0.1) is 0 Å². The van der Waals surface area contributed by atoms with Crippen LogP contribution in [0.2, 0.25) is 0 Å². The summed E-state index contributed by atoms with van der Waals surface area (Å²) in [6, 6.07) is 4.02. The van der Waals surface area contributed by atoms with Crippen molar-refractivity contribution in [3.63, 3.8) is 0 Å². The van der Waals surface area contributed by atoms with E-state index in [0.29, 0.717) is 12.7 Å². The summed E-state index contributed by atoms with van der Waals surface area (Å²) < 4.78 is 6.07. The van der Waals surface area contributed by atoms with Crippen molar-refractivity contribution < 1.29 is 4.74 Å². The zero-order valence-corrected chi connectivity index (χ0v) is 11.9. The molecular formula is C15H24N2O. The Kier molecular flexibility index (Phi) is 3.74. The third-order valence-corrected chi connectivity index (χ3v) is 3.39. The maximum absolute atomic E-state index is 6.07. The molecule has 0 radical (unpaired) electrons. The first kappa shape index (κ1) is 13.5. The number of hydrogen-bond donors (Lipinski definition) is 1. The van der Waals surface area contributed by atoms with E-state index in [9.17, 15) is 0 Å². The molecule has 3 nitrogen and oxygen atoms in total. The van der Waals surface area contributed by atoms with E-state index in [1.165, 1.54) is 5.56 Å². The van der Waals surface area contributed by atoms with Gasteiger partial charge in [-0.15, -0.1) is 0 Å². The molecule has 2 rings (SSSR count). The number of hydrogen-bond acceptors (Lipinski definition) is 3. The second-order valence-corrected chi connectivity index (χ2v) is 6.59. The van der Waals surface area contributed by atoms with E-state index in [1.807, 2.05) is 24.5 Å². The SMILES string of the molecule is CC1(C)CC(OCc2ccncc2)CC(C)(C)N1. The van der Waals surface area contributed by atoms with Crippen molar-refractivity contribution in [2.75, 3.05) is 0 Å². The summed E-state index contributed by atoms with van der Waals surface area (Å²) in [5, 5.41) is 3.67. The Morgan fingerprint density at radius 3 is 2.28 bits per heavy atom. The highest BCUT2D eigenvalue weighted by molar-refractivity contribution is 5.08. The van der Waals surface area contributed by atoms with Crippen LogP contribution in [0.5, 0.6) is 0 Å². The van der Waals surface area contributed by atoms with E-state index in [1.54, 1.807) is 0 Å². The van der Waals surface area contributed by atoms with Crippen molar-refractivity contribution in [3.8, 4) is 0 Å². The molecule has 0 amide bonds. The van der Waals surface area contributed by atoms with E-state index >= 15 is 0 Å². The molecule has 100 valence electrons. The molecule has 1 aliphatic rings. The zero-order valence-electron chi connectivity index (χ0n) is 11.9. The van der Waals surface area contributed by atoms with Crippen LogP contribution in [0.1, 0.15) is 46.1 Å². The minimum absolute atomic E-state index is 0.144. The number of pyridine rings is 1. The van der Waals surface area contributed by atoms with Crippen LogP contribution < -0.4 is 5.32 Å². The van der Waals surface area contributed by atoms with Gasteiger partial charge in [-0.3, -0.25) is 4.98 Å². The molecule has 1 N–H and O–H groups in total. The van der Waals surface area contributed by atoms with Gasteiger partial charge in [-0.05, 0) is 58.2 Å². The number of ether oxygens (including phenoxy) is 1. The van der Waals surface area contributed by atoms with Gasteiger partial charge >= 0.3 is 0 Å². The summed E-state index contributed by atoms with van der Waals surface area (Å²) in [6.45, 7) is 9.67. The highest BCUT2D eigenvalue weighted by Gasteiger charge is 2.37. The third-order valence-electron chi connectivity index (χ3n) is 3.39. The number of nitrogens with one attached hydrogen (secondary N) is 1. The second kappa shape index (κ2) is 4.98. The van der Waals surface area contributed by atoms with Gasteiger partial charge in [-0.25, -0.2) is 0 Å². The number of nitrogens with zero attached hydrogens (tertiary/aromatic N) is 1. The Morgan fingerprint density at radius 2 is 1.72 bits per heavy atom. The summed E-state index contributed by atoms with van der Waals surface area (Å²) in [5.74, 6) is 0. The molecule has 1 aromatic rings. The Bertz CT molecular complexity index is 371. The van der Waals surface area contributed by atoms with Gasteiger partial charge in [0.2, 0.25) is 0 Å². The molecule has 0 bridgehead atoms. The second-order valence-electron chi connectivity index (χ2n) is 6.59. The fourth-order valence-corrected chi connectivity index (χ4v) is 3.04. The molecule has 18 heavy (non-hydrogen) atoms. The molecule has 1 saturated heterocycles. The highest BCUT2D eigenvalue weighted by atomic mass is 16.5. The van der Waals surface area contributed by atoms with Gasteiger partial charge in [0.05, 0.1) is 12.7 Å². The van der Waals surface area contributed by atoms with Gasteiger partial charge in [0, 0.05) is 23.5 Å². The van der Waals surface area contributed by atoms with E-state index < -0.39 is 0 Å². The van der Waals surface area contributed by atoms with Gasteiger partial charge in [0.15, 0.2) is 0 Å². The molecule has 1 aliphatic heterocycles. The average Bonchev–Trinajstić information content (AvgIpc) is 2.24. The number of rotatable bonds is 3. The molecule has 0 atom stereocenters. The Labute approximate surface area is 110 Å². The molecule has 2 heterocycles. The summed E-state index contributed by atoms with van der Waals surface area (Å²) in [5.41, 5.74) is 1.48. The molecule has 3 heteroatoms.